The van der Waals surface area contributed by atoms with E-state index in [0.717, 1.165) is 17.8 Å². The van der Waals surface area contributed by atoms with Gasteiger partial charge in [0.1, 0.15) is 11.0 Å². The second-order valence-electron chi connectivity index (χ2n) is 5.74. The van der Waals surface area contributed by atoms with Crippen molar-refractivity contribution in [1.29, 1.82) is 0 Å². The summed E-state index contributed by atoms with van der Waals surface area (Å²) in [6.45, 7) is 6.25. The minimum atomic E-state index is -1.02. The highest BCUT2D eigenvalue weighted by atomic mass is 32.1. The minimum absolute atomic E-state index is 0.167. The molecule has 1 aliphatic heterocycles. The van der Waals surface area contributed by atoms with Crippen molar-refractivity contribution in [3.05, 3.63) is 10.6 Å². The highest BCUT2D eigenvalue weighted by Gasteiger charge is 2.29. The molecule has 0 aliphatic carbocycles. The molecule has 0 saturated carbocycles. The molecule has 1 aromatic heterocycles. The van der Waals surface area contributed by atoms with Gasteiger partial charge in [-0.2, -0.15) is 0 Å². The van der Waals surface area contributed by atoms with Crippen LogP contribution in [-0.4, -0.2) is 34.7 Å². The number of nitrogens with zero attached hydrogens (tertiary/aromatic N) is 1. The number of thiazole rings is 1. The number of rotatable bonds is 3. The van der Waals surface area contributed by atoms with Gasteiger partial charge >= 0.3 is 5.97 Å². The Morgan fingerprint density at radius 3 is 2.60 bits per heavy atom. The van der Waals surface area contributed by atoms with Gasteiger partial charge in [-0.3, -0.25) is 10.1 Å². The highest BCUT2D eigenvalue weighted by Crippen LogP contribution is 2.32. The molecule has 7 heteroatoms. The van der Waals surface area contributed by atoms with E-state index in [0.29, 0.717) is 23.9 Å². The zero-order valence-corrected chi connectivity index (χ0v) is 12.5. The van der Waals surface area contributed by atoms with Crippen LogP contribution in [0.5, 0.6) is 0 Å². The van der Waals surface area contributed by atoms with Crippen molar-refractivity contribution in [3.8, 4) is 0 Å². The van der Waals surface area contributed by atoms with Crippen molar-refractivity contribution < 1.29 is 19.4 Å². The Hall–Kier alpha value is -1.47. The second-order valence-corrected chi connectivity index (χ2v) is 6.74. The van der Waals surface area contributed by atoms with Gasteiger partial charge in [-0.15, -0.1) is 0 Å². The lowest BCUT2D eigenvalue weighted by Crippen LogP contribution is -2.26. The van der Waals surface area contributed by atoms with Crippen molar-refractivity contribution >= 4 is 28.3 Å². The zero-order chi connectivity index (χ0) is 14.9. The summed E-state index contributed by atoms with van der Waals surface area (Å²) in [5.41, 5.74) is 0.0921. The van der Waals surface area contributed by atoms with Crippen LogP contribution < -0.4 is 5.32 Å². The number of aromatic nitrogens is 1. The van der Waals surface area contributed by atoms with Crippen molar-refractivity contribution in [2.24, 2.45) is 0 Å². The standard InChI is InChI=1S/C13H18N2O4S/c1-13(2,3)9-8(11(17)18)20-12(14-9)15-10(16)7-5-4-6-19-7/h7H,4-6H2,1-3H3,(H,17,18)(H,14,15,16). The first-order chi connectivity index (χ1) is 9.29. The fourth-order valence-electron chi connectivity index (χ4n) is 2.00. The van der Waals surface area contributed by atoms with Gasteiger partial charge in [0.25, 0.3) is 5.91 Å². The molecule has 0 bridgehead atoms. The Balaban J connectivity index is 2.20. The number of amides is 1. The number of carboxylic acids is 1. The van der Waals surface area contributed by atoms with Gasteiger partial charge < -0.3 is 9.84 Å². The molecule has 6 nitrogen and oxygen atoms in total. The Bertz CT molecular complexity index is 527. The van der Waals surface area contributed by atoms with Crippen molar-refractivity contribution in [2.45, 2.75) is 45.1 Å². The van der Waals surface area contributed by atoms with Crippen LogP contribution >= 0.6 is 11.3 Å². The third-order valence-electron chi connectivity index (χ3n) is 2.98. The molecule has 2 rings (SSSR count). The van der Waals surface area contributed by atoms with Crippen LogP contribution in [0.25, 0.3) is 0 Å². The highest BCUT2D eigenvalue weighted by molar-refractivity contribution is 7.17. The number of nitrogens with one attached hydrogen (secondary N) is 1. The quantitative estimate of drug-likeness (QED) is 0.893. The molecule has 1 aliphatic rings. The topological polar surface area (TPSA) is 88.5 Å². The smallest absolute Gasteiger partial charge is 0.347 e. The molecule has 0 spiro atoms. The van der Waals surface area contributed by atoms with Crippen LogP contribution in [0.15, 0.2) is 0 Å². The number of ether oxygens (including phenoxy) is 1. The summed E-state index contributed by atoms with van der Waals surface area (Å²) in [5.74, 6) is -1.28. The summed E-state index contributed by atoms with van der Waals surface area (Å²) in [4.78, 5) is 27.6. The maximum atomic E-state index is 11.9. The van der Waals surface area contributed by atoms with E-state index < -0.39 is 17.5 Å². The Labute approximate surface area is 121 Å². The van der Waals surface area contributed by atoms with E-state index in [1.54, 1.807) is 0 Å². The first kappa shape index (κ1) is 14.9. The normalized spacial score (nSPS) is 19.1. The lowest BCUT2D eigenvalue weighted by atomic mass is 9.91. The number of carbonyl (C=O) groups is 2. The number of hydrogen-bond donors (Lipinski definition) is 2. The first-order valence-electron chi connectivity index (χ1n) is 6.46. The van der Waals surface area contributed by atoms with Gasteiger partial charge in [0.05, 0.1) is 5.69 Å². The molecule has 1 fully saturated rings. The Kier molecular flexibility index (Phi) is 4.10. The monoisotopic (exact) mass is 298 g/mol. The summed E-state index contributed by atoms with van der Waals surface area (Å²) in [7, 11) is 0. The Morgan fingerprint density at radius 1 is 1.45 bits per heavy atom. The second kappa shape index (κ2) is 5.49. The van der Waals surface area contributed by atoms with Gasteiger partial charge in [-0.25, -0.2) is 9.78 Å². The molecular formula is C13H18N2O4S. The number of carboxylic acid groups (broad SMARTS) is 1. The average molecular weight is 298 g/mol. The van der Waals surface area contributed by atoms with Crippen LogP contribution in [0.2, 0.25) is 0 Å². The van der Waals surface area contributed by atoms with E-state index in [2.05, 4.69) is 10.3 Å². The van der Waals surface area contributed by atoms with Gasteiger partial charge in [0.2, 0.25) is 0 Å². The molecule has 2 heterocycles. The van der Waals surface area contributed by atoms with Crippen LogP contribution in [-0.2, 0) is 14.9 Å². The third-order valence-corrected chi connectivity index (χ3v) is 3.94. The average Bonchev–Trinajstić information content (AvgIpc) is 2.96. The maximum absolute atomic E-state index is 11.9. The van der Waals surface area contributed by atoms with Crippen LogP contribution in [0.1, 0.15) is 49.0 Å². The fourth-order valence-corrected chi connectivity index (χ4v) is 3.01. The zero-order valence-electron chi connectivity index (χ0n) is 11.7. The number of aromatic carboxylic acids is 1. The fraction of sp³-hybridized carbons (Fsp3) is 0.615. The van der Waals surface area contributed by atoms with E-state index in [4.69, 9.17) is 4.74 Å². The summed E-state index contributed by atoms with van der Waals surface area (Å²) < 4.78 is 5.29. The molecule has 0 radical (unpaired) electrons. The van der Waals surface area contributed by atoms with Crippen LogP contribution in [0.3, 0.4) is 0 Å². The van der Waals surface area contributed by atoms with Crippen LogP contribution in [0.4, 0.5) is 5.13 Å². The molecule has 110 valence electrons. The van der Waals surface area contributed by atoms with Gasteiger partial charge in [0.15, 0.2) is 5.13 Å². The predicted octanol–water partition coefficient (Wildman–Crippen LogP) is 2.26. The summed E-state index contributed by atoms with van der Waals surface area (Å²) in [6, 6.07) is 0. The molecule has 1 amide bonds. The first-order valence-corrected chi connectivity index (χ1v) is 7.28. The molecule has 1 saturated heterocycles. The van der Waals surface area contributed by atoms with E-state index in [9.17, 15) is 14.7 Å². The summed E-state index contributed by atoms with van der Waals surface area (Å²) in [5, 5.41) is 12.2. The van der Waals surface area contributed by atoms with Crippen LogP contribution in [0, 0.1) is 0 Å². The van der Waals surface area contributed by atoms with E-state index >= 15 is 0 Å². The molecule has 2 N–H and O–H groups in total. The molecule has 1 unspecified atom stereocenters. The number of anilines is 1. The Morgan fingerprint density at radius 2 is 2.15 bits per heavy atom. The van der Waals surface area contributed by atoms with Gasteiger partial charge in [-0.1, -0.05) is 32.1 Å². The number of carbonyl (C=O) groups excluding carboxylic acids is 1. The molecular weight excluding hydrogens is 280 g/mol. The number of hydrogen-bond acceptors (Lipinski definition) is 5. The SMILES string of the molecule is CC(C)(C)c1nc(NC(=O)C2CCCO2)sc1C(=O)O. The van der Waals surface area contributed by atoms with E-state index in [1.165, 1.54) is 0 Å². The van der Waals surface area contributed by atoms with Gasteiger partial charge in [-0.05, 0) is 12.8 Å². The third kappa shape index (κ3) is 3.16. The van der Waals surface area contributed by atoms with Crippen molar-refractivity contribution in [1.82, 2.24) is 4.98 Å². The minimum Gasteiger partial charge on any atom is -0.477 e. The predicted molar refractivity (Wildman–Crippen MR) is 75.4 cm³/mol. The van der Waals surface area contributed by atoms with E-state index in [1.807, 2.05) is 20.8 Å². The van der Waals surface area contributed by atoms with E-state index in [-0.39, 0.29) is 10.8 Å². The molecule has 0 aromatic carbocycles. The summed E-state index contributed by atoms with van der Waals surface area (Å²) in [6.07, 6.45) is 1.10. The van der Waals surface area contributed by atoms with Gasteiger partial charge in [0, 0.05) is 12.0 Å². The van der Waals surface area contributed by atoms with Crippen molar-refractivity contribution in [2.75, 3.05) is 11.9 Å². The largest absolute Gasteiger partial charge is 0.477 e. The molecule has 20 heavy (non-hydrogen) atoms. The lowest BCUT2D eigenvalue weighted by Gasteiger charge is -2.16. The molecule has 1 aromatic rings. The maximum Gasteiger partial charge on any atom is 0.347 e. The lowest BCUT2D eigenvalue weighted by molar-refractivity contribution is -0.124. The van der Waals surface area contributed by atoms with Crippen molar-refractivity contribution in [3.63, 3.8) is 0 Å². The summed E-state index contributed by atoms with van der Waals surface area (Å²) >= 11 is 0.983. The molecule has 1 atom stereocenters.